The normalized spacial score (nSPS) is 16.3. The van der Waals surface area contributed by atoms with Crippen LogP contribution in [0.15, 0.2) is 11.6 Å². The van der Waals surface area contributed by atoms with Crippen LogP contribution < -0.4 is 9.80 Å². The fourth-order valence-electron chi connectivity index (χ4n) is 2.09. The summed E-state index contributed by atoms with van der Waals surface area (Å²) in [7, 11) is 1.94. The number of hydrogen-bond donors (Lipinski definition) is 1. The molecule has 0 amide bonds. The van der Waals surface area contributed by atoms with E-state index >= 15 is 0 Å². The Morgan fingerprint density at radius 1 is 1.28 bits per heavy atom. The van der Waals surface area contributed by atoms with Gasteiger partial charge in [0.05, 0.1) is 0 Å². The molecule has 3 heterocycles. The molecular formula is C10H14N6S2. The summed E-state index contributed by atoms with van der Waals surface area (Å²) in [5.41, 5.74) is 0. The van der Waals surface area contributed by atoms with Gasteiger partial charge in [-0.2, -0.15) is 0 Å². The van der Waals surface area contributed by atoms with Gasteiger partial charge >= 0.3 is 0 Å². The predicted octanol–water partition coefficient (Wildman–Crippen LogP) is 1.26. The SMILES string of the molecule is Cn1c(N2CCN(c3nccs3)CC2)n[nH]c1=S. The van der Waals surface area contributed by atoms with Gasteiger partial charge in [-0.05, 0) is 12.2 Å². The molecule has 8 heteroatoms. The van der Waals surface area contributed by atoms with Gasteiger partial charge in [0.1, 0.15) is 0 Å². The average molecular weight is 282 g/mol. The van der Waals surface area contributed by atoms with Gasteiger partial charge in [-0.3, -0.25) is 4.57 Å². The van der Waals surface area contributed by atoms with Crippen LogP contribution >= 0.6 is 23.6 Å². The van der Waals surface area contributed by atoms with Crippen LogP contribution in [-0.2, 0) is 7.05 Å². The highest BCUT2D eigenvalue weighted by atomic mass is 32.1. The molecule has 18 heavy (non-hydrogen) atoms. The average Bonchev–Trinajstić information content (AvgIpc) is 3.02. The molecule has 3 rings (SSSR count). The van der Waals surface area contributed by atoms with Gasteiger partial charge < -0.3 is 9.80 Å². The van der Waals surface area contributed by atoms with E-state index in [1.54, 1.807) is 11.3 Å². The lowest BCUT2D eigenvalue weighted by Crippen LogP contribution is -2.47. The number of aromatic amines is 1. The Morgan fingerprint density at radius 3 is 2.56 bits per heavy atom. The maximum atomic E-state index is 5.13. The molecule has 0 saturated carbocycles. The molecule has 0 radical (unpaired) electrons. The van der Waals surface area contributed by atoms with E-state index in [9.17, 15) is 0 Å². The third-order valence-corrected chi connectivity index (χ3v) is 4.31. The Morgan fingerprint density at radius 2 is 2.00 bits per heavy atom. The molecule has 0 aromatic carbocycles. The van der Waals surface area contributed by atoms with Crippen LogP contribution in [0.5, 0.6) is 0 Å². The minimum Gasteiger partial charge on any atom is -0.345 e. The molecule has 0 unspecified atom stereocenters. The van der Waals surface area contributed by atoms with Crippen molar-refractivity contribution >= 4 is 34.6 Å². The van der Waals surface area contributed by atoms with Crippen molar-refractivity contribution in [3.63, 3.8) is 0 Å². The highest BCUT2D eigenvalue weighted by Gasteiger charge is 2.21. The van der Waals surface area contributed by atoms with Gasteiger partial charge in [0.2, 0.25) is 5.95 Å². The Balaban J connectivity index is 1.70. The van der Waals surface area contributed by atoms with Crippen LogP contribution in [0.1, 0.15) is 0 Å². The number of rotatable bonds is 2. The molecule has 1 fully saturated rings. The second-order valence-electron chi connectivity index (χ2n) is 4.18. The van der Waals surface area contributed by atoms with Crippen molar-refractivity contribution in [1.29, 1.82) is 0 Å². The van der Waals surface area contributed by atoms with Crippen molar-refractivity contribution in [2.75, 3.05) is 36.0 Å². The first kappa shape index (κ1) is 11.7. The van der Waals surface area contributed by atoms with Gasteiger partial charge in [0, 0.05) is 44.8 Å². The first-order valence-electron chi connectivity index (χ1n) is 5.76. The molecule has 1 N–H and O–H groups in total. The predicted molar refractivity (Wildman–Crippen MR) is 74.9 cm³/mol. The zero-order chi connectivity index (χ0) is 12.5. The van der Waals surface area contributed by atoms with Crippen LogP contribution in [0.4, 0.5) is 11.1 Å². The van der Waals surface area contributed by atoms with Crippen molar-refractivity contribution in [2.24, 2.45) is 7.05 Å². The lowest BCUT2D eigenvalue weighted by Gasteiger charge is -2.34. The summed E-state index contributed by atoms with van der Waals surface area (Å²) in [5, 5.41) is 10.2. The number of nitrogens with zero attached hydrogens (tertiary/aromatic N) is 5. The van der Waals surface area contributed by atoms with E-state index in [4.69, 9.17) is 12.2 Å². The van der Waals surface area contributed by atoms with Crippen LogP contribution in [-0.4, -0.2) is 45.9 Å². The molecular weight excluding hydrogens is 268 g/mol. The van der Waals surface area contributed by atoms with Gasteiger partial charge in [-0.15, -0.1) is 16.4 Å². The van der Waals surface area contributed by atoms with E-state index in [1.165, 1.54) is 0 Å². The summed E-state index contributed by atoms with van der Waals surface area (Å²) < 4.78 is 2.57. The number of piperazine rings is 1. The van der Waals surface area contributed by atoms with E-state index in [1.807, 2.05) is 23.2 Å². The number of anilines is 2. The second-order valence-corrected chi connectivity index (χ2v) is 5.44. The topological polar surface area (TPSA) is 53.0 Å². The zero-order valence-corrected chi connectivity index (χ0v) is 11.7. The van der Waals surface area contributed by atoms with Crippen molar-refractivity contribution in [3.8, 4) is 0 Å². The smallest absolute Gasteiger partial charge is 0.225 e. The van der Waals surface area contributed by atoms with Crippen molar-refractivity contribution in [1.82, 2.24) is 19.7 Å². The molecule has 1 aliphatic heterocycles. The van der Waals surface area contributed by atoms with Gasteiger partial charge in [0.15, 0.2) is 9.90 Å². The minimum absolute atomic E-state index is 0.660. The van der Waals surface area contributed by atoms with E-state index in [0.29, 0.717) is 4.77 Å². The fraction of sp³-hybridized carbons (Fsp3) is 0.500. The molecule has 0 atom stereocenters. The summed E-state index contributed by atoms with van der Waals surface area (Å²) in [6, 6.07) is 0. The molecule has 2 aromatic rings. The van der Waals surface area contributed by atoms with Gasteiger partial charge in [-0.1, -0.05) is 0 Å². The van der Waals surface area contributed by atoms with Crippen molar-refractivity contribution in [2.45, 2.75) is 0 Å². The summed E-state index contributed by atoms with van der Waals surface area (Å²) in [6.07, 6.45) is 1.85. The molecule has 0 aliphatic carbocycles. The number of H-pyrrole nitrogens is 1. The number of nitrogens with one attached hydrogen (secondary N) is 1. The molecule has 1 aliphatic rings. The maximum absolute atomic E-state index is 5.13. The highest BCUT2D eigenvalue weighted by Crippen LogP contribution is 2.20. The minimum atomic E-state index is 0.660. The van der Waals surface area contributed by atoms with Gasteiger partial charge in [0.25, 0.3) is 0 Å². The molecule has 96 valence electrons. The molecule has 6 nitrogen and oxygen atoms in total. The van der Waals surface area contributed by atoms with E-state index in [2.05, 4.69) is 25.0 Å². The van der Waals surface area contributed by atoms with Crippen LogP contribution in [0.2, 0.25) is 0 Å². The van der Waals surface area contributed by atoms with E-state index in [0.717, 1.165) is 37.3 Å². The third-order valence-electron chi connectivity index (χ3n) is 3.11. The first-order valence-corrected chi connectivity index (χ1v) is 7.05. The van der Waals surface area contributed by atoms with Gasteiger partial charge in [-0.25, -0.2) is 10.1 Å². The Hall–Kier alpha value is -1.41. The molecule has 0 bridgehead atoms. The number of hydrogen-bond acceptors (Lipinski definition) is 6. The lowest BCUT2D eigenvalue weighted by molar-refractivity contribution is 0.628. The summed E-state index contributed by atoms with van der Waals surface area (Å²) in [6.45, 7) is 3.81. The fourth-order valence-corrected chi connectivity index (χ4v) is 2.92. The summed E-state index contributed by atoms with van der Waals surface area (Å²) in [5.74, 6) is 0.916. The zero-order valence-electron chi connectivity index (χ0n) is 10.0. The van der Waals surface area contributed by atoms with Crippen LogP contribution in [0.25, 0.3) is 0 Å². The second kappa shape index (κ2) is 4.69. The summed E-state index contributed by atoms with van der Waals surface area (Å²) in [4.78, 5) is 8.90. The Labute approximate surface area is 114 Å². The molecule has 1 saturated heterocycles. The largest absolute Gasteiger partial charge is 0.345 e. The summed E-state index contributed by atoms with van der Waals surface area (Å²) >= 11 is 6.82. The molecule has 0 spiro atoms. The monoisotopic (exact) mass is 282 g/mol. The Kier molecular flexibility index (Phi) is 3.04. The number of aromatic nitrogens is 4. The van der Waals surface area contributed by atoms with Crippen LogP contribution in [0.3, 0.4) is 0 Å². The lowest BCUT2D eigenvalue weighted by atomic mass is 10.3. The van der Waals surface area contributed by atoms with E-state index < -0.39 is 0 Å². The van der Waals surface area contributed by atoms with Crippen LogP contribution in [0, 0.1) is 4.77 Å². The molecule has 2 aromatic heterocycles. The van der Waals surface area contributed by atoms with Crippen molar-refractivity contribution in [3.05, 3.63) is 16.3 Å². The number of thiazole rings is 1. The third kappa shape index (κ3) is 2.01. The first-order chi connectivity index (χ1) is 8.75. The van der Waals surface area contributed by atoms with E-state index in [-0.39, 0.29) is 0 Å². The maximum Gasteiger partial charge on any atom is 0.225 e. The van der Waals surface area contributed by atoms with Crippen molar-refractivity contribution < 1.29 is 0 Å². The Bertz CT molecular complexity index is 563. The highest BCUT2D eigenvalue weighted by molar-refractivity contribution is 7.71. The standard InChI is InChI=1S/C10H14N6S2/c1-14-8(12-13-9(14)17)15-3-5-16(6-4-15)10-11-2-7-18-10/h2,7H,3-6H2,1H3,(H,13,17). The quantitative estimate of drug-likeness (QED) is 0.841.